The number of imidazole rings is 1. The SMILES string of the molecule is CC[C@H](CO)Nc1nc(N(C)Cc2ccccc2)c2ncn(C3CCCC3)c2n1. The van der Waals surface area contributed by atoms with E-state index >= 15 is 0 Å². The maximum Gasteiger partial charge on any atom is 0.227 e. The zero-order valence-electron chi connectivity index (χ0n) is 17.3. The minimum atomic E-state index is -0.0671. The number of rotatable bonds is 8. The van der Waals surface area contributed by atoms with Crippen molar-refractivity contribution in [3.05, 3.63) is 42.2 Å². The summed E-state index contributed by atoms with van der Waals surface area (Å²) < 4.78 is 2.22. The summed E-state index contributed by atoms with van der Waals surface area (Å²) in [6.45, 7) is 2.83. The Morgan fingerprint density at radius 3 is 2.66 bits per heavy atom. The van der Waals surface area contributed by atoms with Crippen LogP contribution in [-0.2, 0) is 6.54 Å². The first-order chi connectivity index (χ1) is 14.2. The molecule has 0 unspecified atom stereocenters. The van der Waals surface area contributed by atoms with E-state index in [0.29, 0.717) is 12.0 Å². The number of hydrogen-bond acceptors (Lipinski definition) is 6. The smallest absolute Gasteiger partial charge is 0.227 e. The molecule has 1 saturated carbocycles. The summed E-state index contributed by atoms with van der Waals surface area (Å²) >= 11 is 0. The Bertz CT molecular complexity index is 931. The van der Waals surface area contributed by atoms with Gasteiger partial charge in [-0.2, -0.15) is 9.97 Å². The minimum absolute atomic E-state index is 0.0506. The molecule has 1 aliphatic carbocycles. The van der Waals surface area contributed by atoms with E-state index in [9.17, 15) is 5.11 Å². The van der Waals surface area contributed by atoms with Crippen molar-refractivity contribution in [3.8, 4) is 0 Å². The van der Waals surface area contributed by atoms with Crippen LogP contribution < -0.4 is 10.2 Å². The first-order valence-corrected chi connectivity index (χ1v) is 10.6. The Morgan fingerprint density at radius 2 is 1.97 bits per heavy atom. The molecule has 2 aromatic heterocycles. The molecule has 29 heavy (non-hydrogen) atoms. The van der Waals surface area contributed by atoms with Crippen LogP contribution in [0.25, 0.3) is 11.2 Å². The van der Waals surface area contributed by atoms with Gasteiger partial charge in [0.05, 0.1) is 19.0 Å². The maximum absolute atomic E-state index is 9.62. The molecule has 0 aliphatic heterocycles. The maximum atomic E-state index is 9.62. The molecule has 3 aromatic rings. The molecule has 2 heterocycles. The monoisotopic (exact) mass is 394 g/mol. The van der Waals surface area contributed by atoms with Gasteiger partial charge in [-0.1, -0.05) is 50.1 Å². The molecule has 7 heteroatoms. The molecule has 4 rings (SSSR count). The van der Waals surface area contributed by atoms with Crippen LogP contribution in [0.1, 0.15) is 50.6 Å². The van der Waals surface area contributed by atoms with E-state index < -0.39 is 0 Å². The third-order valence-corrected chi connectivity index (χ3v) is 5.79. The molecule has 0 bridgehead atoms. The second kappa shape index (κ2) is 8.78. The van der Waals surface area contributed by atoms with Gasteiger partial charge in [0, 0.05) is 19.6 Å². The number of nitrogens with one attached hydrogen (secondary N) is 1. The Balaban J connectivity index is 1.74. The van der Waals surface area contributed by atoms with Crippen LogP contribution >= 0.6 is 0 Å². The average molecular weight is 395 g/mol. The predicted molar refractivity (Wildman–Crippen MR) is 116 cm³/mol. The lowest BCUT2D eigenvalue weighted by molar-refractivity contribution is 0.271. The van der Waals surface area contributed by atoms with Gasteiger partial charge in [-0.3, -0.25) is 0 Å². The number of nitrogens with zero attached hydrogens (tertiary/aromatic N) is 5. The summed E-state index contributed by atoms with van der Waals surface area (Å²) in [6, 6.07) is 10.7. The van der Waals surface area contributed by atoms with Crippen LogP contribution in [0.2, 0.25) is 0 Å². The van der Waals surface area contributed by atoms with Crippen molar-refractivity contribution in [3.63, 3.8) is 0 Å². The molecule has 1 aromatic carbocycles. The third kappa shape index (κ3) is 4.19. The Hall–Kier alpha value is -2.67. The highest BCUT2D eigenvalue weighted by Crippen LogP contribution is 2.33. The van der Waals surface area contributed by atoms with E-state index in [4.69, 9.17) is 15.0 Å². The van der Waals surface area contributed by atoms with Crippen molar-refractivity contribution in [2.45, 2.75) is 57.7 Å². The minimum Gasteiger partial charge on any atom is -0.394 e. The Morgan fingerprint density at radius 1 is 1.21 bits per heavy atom. The number of anilines is 2. The zero-order chi connectivity index (χ0) is 20.2. The number of aromatic nitrogens is 4. The van der Waals surface area contributed by atoms with Gasteiger partial charge in [0.25, 0.3) is 0 Å². The van der Waals surface area contributed by atoms with Crippen molar-refractivity contribution in [2.24, 2.45) is 0 Å². The number of benzene rings is 1. The second-order valence-corrected chi connectivity index (χ2v) is 7.91. The van der Waals surface area contributed by atoms with Crippen LogP contribution in [0.3, 0.4) is 0 Å². The molecule has 0 radical (unpaired) electrons. The zero-order valence-corrected chi connectivity index (χ0v) is 17.3. The Kier molecular flexibility index (Phi) is 5.94. The molecule has 7 nitrogen and oxygen atoms in total. The number of aliphatic hydroxyl groups excluding tert-OH is 1. The highest BCUT2D eigenvalue weighted by molar-refractivity contribution is 5.85. The molecule has 0 spiro atoms. The van der Waals surface area contributed by atoms with Crippen LogP contribution in [0.4, 0.5) is 11.8 Å². The lowest BCUT2D eigenvalue weighted by atomic mass is 10.2. The van der Waals surface area contributed by atoms with Crippen molar-refractivity contribution >= 4 is 22.9 Å². The van der Waals surface area contributed by atoms with E-state index in [2.05, 4.69) is 26.9 Å². The highest BCUT2D eigenvalue weighted by Gasteiger charge is 2.23. The standard InChI is InChI=1S/C22H30N6O/c1-3-17(14-29)24-22-25-20(27(2)13-16-9-5-4-6-10-16)19-21(26-22)28(15-23-19)18-11-7-8-12-18/h4-6,9-10,15,17-18,29H,3,7-8,11-14H2,1-2H3,(H,24,25,26)/t17-/m1/s1. The van der Waals surface area contributed by atoms with Gasteiger partial charge >= 0.3 is 0 Å². The fourth-order valence-corrected chi connectivity index (χ4v) is 4.07. The van der Waals surface area contributed by atoms with Gasteiger partial charge in [0.2, 0.25) is 5.95 Å². The lowest BCUT2D eigenvalue weighted by Crippen LogP contribution is -2.25. The number of aliphatic hydroxyl groups is 1. The highest BCUT2D eigenvalue weighted by atomic mass is 16.3. The van der Waals surface area contributed by atoms with Crippen LogP contribution in [0.5, 0.6) is 0 Å². The topological polar surface area (TPSA) is 79.1 Å². The number of fused-ring (bicyclic) bond motifs is 1. The molecule has 1 aliphatic rings. The summed E-state index contributed by atoms with van der Waals surface area (Å²) in [4.78, 5) is 16.4. The van der Waals surface area contributed by atoms with E-state index in [1.54, 1.807) is 0 Å². The van der Waals surface area contributed by atoms with Crippen molar-refractivity contribution in [1.29, 1.82) is 0 Å². The first-order valence-electron chi connectivity index (χ1n) is 10.6. The molecule has 0 saturated heterocycles. The van der Waals surface area contributed by atoms with Gasteiger partial charge in [-0.25, -0.2) is 4.98 Å². The normalized spacial score (nSPS) is 15.7. The summed E-state index contributed by atoms with van der Waals surface area (Å²) in [5.41, 5.74) is 2.92. The first kappa shape index (κ1) is 19.6. The van der Waals surface area contributed by atoms with Crippen LogP contribution in [-0.4, -0.2) is 44.3 Å². The van der Waals surface area contributed by atoms with Gasteiger partial charge in [-0.15, -0.1) is 0 Å². The number of hydrogen-bond donors (Lipinski definition) is 2. The molecule has 154 valence electrons. The average Bonchev–Trinajstić information content (AvgIpc) is 3.41. The van der Waals surface area contributed by atoms with Crippen LogP contribution in [0, 0.1) is 0 Å². The second-order valence-electron chi connectivity index (χ2n) is 7.91. The van der Waals surface area contributed by atoms with E-state index in [0.717, 1.165) is 29.9 Å². The van der Waals surface area contributed by atoms with E-state index in [1.165, 1.54) is 31.2 Å². The van der Waals surface area contributed by atoms with Gasteiger partial charge < -0.3 is 19.9 Å². The third-order valence-electron chi connectivity index (χ3n) is 5.79. The summed E-state index contributed by atoms with van der Waals surface area (Å²) in [5.74, 6) is 1.36. The van der Waals surface area contributed by atoms with Crippen LogP contribution in [0.15, 0.2) is 36.7 Å². The summed E-state index contributed by atoms with van der Waals surface area (Å²) in [7, 11) is 2.04. The van der Waals surface area contributed by atoms with Gasteiger partial charge in [0.15, 0.2) is 17.0 Å². The lowest BCUT2D eigenvalue weighted by Gasteiger charge is -2.21. The molecule has 2 N–H and O–H groups in total. The van der Waals surface area contributed by atoms with E-state index in [1.807, 2.05) is 38.5 Å². The van der Waals surface area contributed by atoms with Crippen molar-refractivity contribution in [1.82, 2.24) is 19.5 Å². The van der Waals surface area contributed by atoms with Crippen molar-refractivity contribution in [2.75, 3.05) is 23.9 Å². The summed E-state index contributed by atoms with van der Waals surface area (Å²) in [5, 5.41) is 12.9. The molecule has 0 amide bonds. The predicted octanol–water partition coefficient (Wildman–Crippen LogP) is 3.76. The fourth-order valence-electron chi connectivity index (χ4n) is 4.07. The van der Waals surface area contributed by atoms with E-state index in [-0.39, 0.29) is 12.6 Å². The Labute approximate surface area is 171 Å². The largest absolute Gasteiger partial charge is 0.394 e. The van der Waals surface area contributed by atoms with Gasteiger partial charge in [0.1, 0.15) is 0 Å². The molecular formula is C22H30N6O. The molecule has 1 atom stereocenters. The summed E-state index contributed by atoms with van der Waals surface area (Å²) in [6.07, 6.45) is 7.56. The van der Waals surface area contributed by atoms with Gasteiger partial charge in [-0.05, 0) is 24.8 Å². The molecule has 1 fully saturated rings. The fraction of sp³-hybridized carbons (Fsp3) is 0.500. The van der Waals surface area contributed by atoms with Crippen molar-refractivity contribution < 1.29 is 5.11 Å². The molecular weight excluding hydrogens is 364 g/mol. The quantitative estimate of drug-likeness (QED) is 0.606.